The van der Waals surface area contributed by atoms with Gasteiger partial charge in [0.05, 0.1) is 5.56 Å². The molecule has 2 rings (SSSR count). The molecule has 2 aromatic rings. The Kier molecular flexibility index (Phi) is 3.69. The van der Waals surface area contributed by atoms with Gasteiger partial charge in [-0.25, -0.2) is 9.78 Å². The van der Waals surface area contributed by atoms with Gasteiger partial charge in [-0.15, -0.1) is 6.42 Å². The molecule has 19 heavy (non-hydrogen) atoms. The van der Waals surface area contributed by atoms with Crippen molar-refractivity contribution in [3.63, 3.8) is 0 Å². The van der Waals surface area contributed by atoms with Gasteiger partial charge in [0.1, 0.15) is 11.0 Å². The number of nitrogens with one attached hydrogen (secondary N) is 1. The highest BCUT2D eigenvalue weighted by Gasteiger charge is 2.07. The molecule has 0 bridgehead atoms. The first-order chi connectivity index (χ1) is 9.08. The van der Waals surface area contributed by atoms with E-state index in [1.165, 1.54) is 12.1 Å². The molecule has 5 heteroatoms. The molecule has 0 radical (unpaired) electrons. The maximum atomic E-state index is 10.9. The first-order valence-electron chi connectivity index (χ1n) is 5.33. The van der Waals surface area contributed by atoms with Crippen LogP contribution in [0, 0.1) is 12.3 Å². The van der Waals surface area contributed by atoms with E-state index in [1.54, 1.807) is 24.3 Å². The summed E-state index contributed by atoms with van der Waals surface area (Å²) in [6.07, 6.45) is 5.31. The number of aromatic nitrogens is 1. The van der Waals surface area contributed by atoms with Gasteiger partial charge in [0.15, 0.2) is 0 Å². The van der Waals surface area contributed by atoms with Gasteiger partial charge in [-0.05, 0) is 30.3 Å². The van der Waals surface area contributed by atoms with Gasteiger partial charge in [0, 0.05) is 11.3 Å². The fourth-order valence-electron chi connectivity index (χ4n) is 1.52. The largest absolute Gasteiger partial charge is 0.478 e. The molecule has 0 aliphatic carbocycles. The number of terminal acetylenes is 1. The van der Waals surface area contributed by atoms with Crippen LogP contribution in [0.5, 0.6) is 0 Å². The Morgan fingerprint density at radius 2 is 2.16 bits per heavy atom. The summed E-state index contributed by atoms with van der Waals surface area (Å²) in [6, 6.07) is 9.82. The summed E-state index contributed by atoms with van der Waals surface area (Å²) >= 11 is 5.77. The monoisotopic (exact) mass is 272 g/mol. The molecule has 1 aromatic carbocycles. The SMILES string of the molecule is C#Cc1cccc(Nc2cc(C(=O)O)cc(Cl)n2)c1. The van der Waals surface area contributed by atoms with E-state index in [0.29, 0.717) is 17.1 Å². The molecule has 0 spiro atoms. The highest BCUT2D eigenvalue weighted by molar-refractivity contribution is 6.29. The zero-order chi connectivity index (χ0) is 13.8. The molecule has 0 aliphatic rings. The van der Waals surface area contributed by atoms with Gasteiger partial charge >= 0.3 is 5.97 Å². The summed E-state index contributed by atoms with van der Waals surface area (Å²) in [6.45, 7) is 0. The molecular formula is C14H9ClN2O2. The predicted molar refractivity (Wildman–Crippen MR) is 73.9 cm³/mol. The number of hydrogen-bond acceptors (Lipinski definition) is 3. The highest BCUT2D eigenvalue weighted by atomic mass is 35.5. The number of aromatic carboxylic acids is 1. The van der Waals surface area contributed by atoms with Crippen molar-refractivity contribution in [3.05, 3.63) is 52.7 Å². The average molecular weight is 273 g/mol. The topological polar surface area (TPSA) is 62.2 Å². The van der Waals surface area contributed by atoms with Crippen LogP contribution < -0.4 is 5.32 Å². The normalized spacial score (nSPS) is 9.68. The van der Waals surface area contributed by atoms with E-state index in [9.17, 15) is 4.79 Å². The minimum absolute atomic E-state index is 0.0654. The number of carboxylic acid groups (broad SMARTS) is 1. The zero-order valence-corrected chi connectivity index (χ0v) is 10.5. The van der Waals surface area contributed by atoms with Gasteiger partial charge in [0.25, 0.3) is 0 Å². The van der Waals surface area contributed by atoms with Crippen molar-refractivity contribution in [1.82, 2.24) is 4.98 Å². The summed E-state index contributed by atoms with van der Waals surface area (Å²) < 4.78 is 0. The van der Waals surface area contributed by atoms with Crippen LogP contribution in [-0.2, 0) is 0 Å². The summed E-state index contributed by atoms with van der Waals surface area (Å²) in [5, 5.41) is 12.0. The molecule has 0 saturated carbocycles. The van der Waals surface area contributed by atoms with Crippen LogP contribution in [0.3, 0.4) is 0 Å². The second kappa shape index (κ2) is 5.42. The molecule has 0 aliphatic heterocycles. The van der Waals surface area contributed by atoms with E-state index in [1.807, 2.05) is 0 Å². The van der Waals surface area contributed by atoms with Crippen molar-refractivity contribution >= 4 is 29.1 Å². The lowest BCUT2D eigenvalue weighted by atomic mass is 10.2. The van der Waals surface area contributed by atoms with Crippen molar-refractivity contribution in [2.45, 2.75) is 0 Å². The third kappa shape index (κ3) is 3.24. The smallest absolute Gasteiger partial charge is 0.335 e. The van der Waals surface area contributed by atoms with E-state index in [-0.39, 0.29) is 10.7 Å². The number of rotatable bonds is 3. The number of benzene rings is 1. The van der Waals surface area contributed by atoms with Crippen molar-refractivity contribution in [3.8, 4) is 12.3 Å². The minimum atomic E-state index is -1.07. The van der Waals surface area contributed by atoms with Crippen molar-refractivity contribution in [2.24, 2.45) is 0 Å². The molecule has 0 saturated heterocycles. The first kappa shape index (κ1) is 12.9. The molecule has 0 unspecified atom stereocenters. The number of halogens is 1. The number of nitrogens with zero attached hydrogens (tertiary/aromatic N) is 1. The van der Waals surface area contributed by atoms with E-state index >= 15 is 0 Å². The van der Waals surface area contributed by atoms with Crippen LogP contribution in [0.4, 0.5) is 11.5 Å². The number of carboxylic acids is 1. The van der Waals surface area contributed by atoms with Crippen LogP contribution in [0.2, 0.25) is 5.15 Å². The lowest BCUT2D eigenvalue weighted by Gasteiger charge is -2.07. The molecule has 2 N–H and O–H groups in total. The van der Waals surface area contributed by atoms with Gasteiger partial charge in [0.2, 0.25) is 0 Å². The van der Waals surface area contributed by atoms with Gasteiger partial charge in [-0.2, -0.15) is 0 Å². The maximum absolute atomic E-state index is 10.9. The molecule has 0 atom stereocenters. The van der Waals surface area contributed by atoms with Crippen molar-refractivity contribution in [2.75, 3.05) is 5.32 Å². The van der Waals surface area contributed by atoms with E-state index in [4.69, 9.17) is 23.1 Å². The first-order valence-corrected chi connectivity index (χ1v) is 5.71. The quantitative estimate of drug-likeness (QED) is 0.665. The Morgan fingerprint density at radius 1 is 1.37 bits per heavy atom. The molecule has 94 valence electrons. The lowest BCUT2D eigenvalue weighted by Crippen LogP contribution is -2.00. The summed E-state index contributed by atoms with van der Waals surface area (Å²) in [7, 11) is 0. The Balaban J connectivity index is 2.33. The number of pyridine rings is 1. The Hall–Kier alpha value is -2.51. The third-order valence-electron chi connectivity index (χ3n) is 2.34. The van der Waals surface area contributed by atoms with E-state index < -0.39 is 5.97 Å². The highest BCUT2D eigenvalue weighted by Crippen LogP contribution is 2.19. The van der Waals surface area contributed by atoms with Crippen molar-refractivity contribution < 1.29 is 9.90 Å². The molecule has 1 heterocycles. The Morgan fingerprint density at radius 3 is 2.84 bits per heavy atom. The zero-order valence-electron chi connectivity index (χ0n) is 9.72. The van der Waals surface area contributed by atoms with Gasteiger partial charge in [-0.1, -0.05) is 23.6 Å². The molecular weight excluding hydrogens is 264 g/mol. The Bertz CT molecular complexity index is 677. The van der Waals surface area contributed by atoms with Crippen LogP contribution in [-0.4, -0.2) is 16.1 Å². The second-order valence-corrected chi connectivity index (χ2v) is 4.11. The number of carbonyl (C=O) groups is 1. The molecule has 0 amide bonds. The van der Waals surface area contributed by atoms with E-state index in [2.05, 4.69) is 16.2 Å². The minimum Gasteiger partial charge on any atom is -0.478 e. The molecule has 0 fully saturated rings. The fourth-order valence-corrected chi connectivity index (χ4v) is 1.73. The van der Waals surface area contributed by atoms with Crippen LogP contribution in [0.1, 0.15) is 15.9 Å². The average Bonchev–Trinajstić information content (AvgIpc) is 2.38. The number of hydrogen-bond donors (Lipinski definition) is 2. The second-order valence-electron chi connectivity index (χ2n) is 3.72. The number of anilines is 2. The third-order valence-corrected chi connectivity index (χ3v) is 2.54. The standard InChI is InChI=1S/C14H9ClN2O2/c1-2-9-4-3-5-11(6-9)16-13-8-10(14(18)19)7-12(15)17-13/h1,3-8H,(H,16,17)(H,18,19). The summed E-state index contributed by atoms with van der Waals surface area (Å²) in [4.78, 5) is 14.9. The summed E-state index contributed by atoms with van der Waals surface area (Å²) in [5.74, 6) is 1.79. The van der Waals surface area contributed by atoms with Crippen LogP contribution in [0.15, 0.2) is 36.4 Å². The predicted octanol–water partition coefficient (Wildman–Crippen LogP) is 3.16. The summed E-state index contributed by atoms with van der Waals surface area (Å²) in [5.41, 5.74) is 1.49. The van der Waals surface area contributed by atoms with Gasteiger partial charge < -0.3 is 10.4 Å². The van der Waals surface area contributed by atoms with Crippen molar-refractivity contribution in [1.29, 1.82) is 0 Å². The van der Waals surface area contributed by atoms with E-state index in [0.717, 1.165) is 0 Å². The Labute approximate surface area is 115 Å². The molecule has 4 nitrogen and oxygen atoms in total. The molecule has 1 aromatic heterocycles. The lowest BCUT2D eigenvalue weighted by molar-refractivity contribution is 0.0697. The van der Waals surface area contributed by atoms with Crippen LogP contribution >= 0.6 is 11.6 Å². The maximum Gasteiger partial charge on any atom is 0.335 e. The van der Waals surface area contributed by atoms with Crippen LogP contribution in [0.25, 0.3) is 0 Å². The van der Waals surface area contributed by atoms with Gasteiger partial charge in [-0.3, -0.25) is 0 Å². The fraction of sp³-hybridized carbons (Fsp3) is 0.